The molecule has 5 nitrogen and oxygen atoms in total. The third kappa shape index (κ3) is 3.83. The van der Waals surface area contributed by atoms with Crippen molar-refractivity contribution < 1.29 is 18.0 Å². The van der Waals surface area contributed by atoms with E-state index in [-0.39, 0.29) is 18.0 Å². The lowest BCUT2D eigenvalue weighted by atomic mass is 10.1. The summed E-state index contributed by atoms with van der Waals surface area (Å²) in [7, 11) is 1.73. The molecule has 1 aliphatic rings. The van der Waals surface area contributed by atoms with Crippen LogP contribution in [0.2, 0.25) is 0 Å². The Morgan fingerprint density at radius 3 is 2.65 bits per heavy atom. The highest BCUT2D eigenvalue weighted by Crippen LogP contribution is 2.40. The molecule has 3 rings (SSSR count). The molecule has 0 unspecified atom stereocenters. The highest BCUT2D eigenvalue weighted by molar-refractivity contribution is 6.06. The number of hydrogen-bond acceptors (Lipinski definition) is 3. The number of rotatable bonds is 6. The quantitative estimate of drug-likeness (QED) is 0.776. The first-order valence-corrected chi connectivity index (χ1v) is 8.91. The fourth-order valence-corrected chi connectivity index (χ4v) is 3.21. The molecular formula is C18H23F3N4O. The van der Waals surface area contributed by atoms with Crippen molar-refractivity contribution in [2.75, 3.05) is 13.1 Å². The van der Waals surface area contributed by atoms with E-state index in [9.17, 15) is 18.0 Å². The molecule has 142 valence electrons. The van der Waals surface area contributed by atoms with Crippen LogP contribution < -0.4 is 0 Å². The molecule has 1 aliphatic carbocycles. The van der Waals surface area contributed by atoms with Crippen molar-refractivity contribution >= 4 is 16.9 Å². The van der Waals surface area contributed by atoms with E-state index in [1.165, 1.54) is 0 Å². The van der Waals surface area contributed by atoms with E-state index < -0.39 is 18.6 Å². The van der Waals surface area contributed by atoms with Crippen LogP contribution >= 0.6 is 0 Å². The zero-order valence-electron chi connectivity index (χ0n) is 15.2. The first-order valence-electron chi connectivity index (χ1n) is 8.91. The fourth-order valence-electron chi connectivity index (χ4n) is 3.21. The van der Waals surface area contributed by atoms with Crippen LogP contribution in [-0.4, -0.2) is 44.8 Å². The monoisotopic (exact) mass is 368 g/mol. The number of amides is 1. The minimum absolute atomic E-state index is 0.0801. The van der Waals surface area contributed by atoms with E-state index >= 15 is 0 Å². The molecule has 0 aromatic carbocycles. The molecule has 0 atom stereocenters. The van der Waals surface area contributed by atoms with Crippen LogP contribution in [0.25, 0.3) is 11.0 Å². The summed E-state index contributed by atoms with van der Waals surface area (Å²) in [4.78, 5) is 18.6. The van der Waals surface area contributed by atoms with E-state index in [4.69, 9.17) is 0 Å². The van der Waals surface area contributed by atoms with Gasteiger partial charge < -0.3 is 4.90 Å². The normalized spacial score (nSPS) is 14.8. The smallest absolute Gasteiger partial charge is 0.330 e. The van der Waals surface area contributed by atoms with Gasteiger partial charge in [0.15, 0.2) is 5.65 Å². The number of aromatic nitrogens is 3. The Balaban J connectivity index is 2.07. The number of aryl methyl sites for hydroxylation is 2. The molecule has 2 aromatic rings. The number of halogens is 3. The molecule has 8 heteroatoms. The van der Waals surface area contributed by atoms with Gasteiger partial charge in [-0.3, -0.25) is 9.48 Å². The van der Waals surface area contributed by atoms with Gasteiger partial charge in [-0.2, -0.15) is 18.3 Å². The van der Waals surface area contributed by atoms with Crippen molar-refractivity contribution in [2.45, 2.75) is 51.6 Å². The number of hydrogen-bond donors (Lipinski definition) is 0. The van der Waals surface area contributed by atoms with Crippen LogP contribution in [0.15, 0.2) is 6.07 Å². The Morgan fingerprint density at radius 2 is 2.08 bits per heavy atom. The van der Waals surface area contributed by atoms with Gasteiger partial charge in [-0.15, -0.1) is 0 Å². The molecule has 0 N–H and O–H groups in total. The highest BCUT2D eigenvalue weighted by Gasteiger charge is 2.35. The molecule has 1 amide bonds. The molecule has 2 heterocycles. The molecule has 0 spiro atoms. The van der Waals surface area contributed by atoms with Crippen molar-refractivity contribution in [2.24, 2.45) is 7.05 Å². The number of nitrogens with zero attached hydrogens (tertiary/aromatic N) is 4. The van der Waals surface area contributed by atoms with Gasteiger partial charge in [-0.25, -0.2) is 4.98 Å². The summed E-state index contributed by atoms with van der Waals surface area (Å²) in [6, 6.07) is 1.67. The van der Waals surface area contributed by atoms with E-state index in [0.29, 0.717) is 29.6 Å². The number of unbranched alkanes of at least 4 members (excludes halogenated alkanes) is 1. The van der Waals surface area contributed by atoms with Gasteiger partial charge in [-0.1, -0.05) is 13.3 Å². The zero-order valence-corrected chi connectivity index (χ0v) is 15.2. The van der Waals surface area contributed by atoms with Gasteiger partial charge >= 0.3 is 6.18 Å². The van der Waals surface area contributed by atoms with Crippen molar-refractivity contribution in [3.8, 4) is 0 Å². The number of fused-ring (bicyclic) bond motifs is 1. The Labute approximate surface area is 150 Å². The lowest BCUT2D eigenvalue weighted by Gasteiger charge is -2.24. The predicted octanol–water partition coefficient (Wildman–Crippen LogP) is 3.96. The first kappa shape index (κ1) is 18.7. The van der Waals surface area contributed by atoms with Gasteiger partial charge in [-0.05, 0) is 32.3 Å². The number of carbonyl (C=O) groups is 1. The molecule has 2 aromatic heterocycles. The second-order valence-corrected chi connectivity index (χ2v) is 6.97. The molecular weight excluding hydrogens is 345 g/mol. The van der Waals surface area contributed by atoms with Gasteiger partial charge in [0.1, 0.15) is 6.54 Å². The molecule has 0 radical (unpaired) electrons. The summed E-state index contributed by atoms with van der Waals surface area (Å²) in [5.41, 5.74) is 2.20. The summed E-state index contributed by atoms with van der Waals surface area (Å²) < 4.78 is 40.6. The van der Waals surface area contributed by atoms with Crippen LogP contribution in [0.3, 0.4) is 0 Å². The van der Waals surface area contributed by atoms with Crippen LogP contribution in [0.4, 0.5) is 13.2 Å². The Bertz CT molecular complexity index is 824. The Hall–Kier alpha value is -2.12. The second kappa shape index (κ2) is 6.89. The fraction of sp³-hybridized carbons (Fsp3) is 0.611. The standard InChI is InChI=1S/C18H23F3N4O/c1-4-5-8-25(10-18(19,20)21)17(26)13-9-14(12-6-7-12)22-16-15(13)11(2)23-24(16)3/h9,12H,4-8,10H2,1-3H3. The Morgan fingerprint density at radius 1 is 1.38 bits per heavy atom. The van der Waals surface area contributed by atoms with E-state index in [1.54, 1.807) is 24.7 Å². The number of pyridine rings is 1. The number of carbonyl (C=O) groups excluding carboxylic acids is 1. The van der Waals surface area contributed by atoms with Crippen molar-refractivity contribution in [1.82, 2.24) is 19.7 Å². The topological polar surface area (TPSA) is 51.0 Å². The van der Waals surface area contributed by atoms with Gasteiger partial charge in [0.2, 0.25) is 0 Å². The van der Waals surface area contributed by atoms with E-state index in [2.05, 4.69) is 10.1 Å². The van der Waals surface area contributed by atoms with Gasteiger partial charge in [0.25, 0.3) is 5.91 Å². The number of alkyl halides is 3. The summed E-state index contributed by atoms with van der Waals surface area (Å²) in [6.45, 7) is 2.47. The van der Waals surface area contributed by atoms with E-state index in [1.807, 2.05) is 6.92 Å². The SMILES string of the molecule is CCCCN(CC(F)(F)F)C(=O)c1cc(C2CC2)nc2c1c(C)nn2C. The molecule has 1 saturated carbocycles. The van der Waals surface area contributed by atoms with Gasteiger partial charge in [0.05, 0.1) is 16.6 Å². The molecule has 26 heavy (non-hydrogen) atoms. The average Bonchev–Trinajstić information content (AvgIpc) is 3.36. The molecule has 0 bridgehead atoms. The lowest BCUT2D eigenvalue weighted by molar-refractivity contribution is -0.140. The third-order valence-electron chi connectivity index (χ3n) is 4.65. The third-order valence-corrected chi connectivity index (χ3v) is 4.65. The average molecular weight is 368 g/mol. The minimum atomic E-state index is -4.43. The van der Waals surface area contributed by atoms with Crippen LogP contribution in [0.1, 0.15) is 60.3 Å². The summed E-state index contributed by atoms with van der Waals surface area (Å²) in [6.07, 6.45) is -1.21. The summed E-state index contributed by atoms with van der Waals surface area (Å²) in [5, 5.41) is 4.86. The van der Waals surface area contributed by atoms with Crippen LogP contribution in [0, 0.1) is 6.92 Å². The maximum atomic E-state index is 13.1. The largest absolute Gasteiger partial charge is 0.406 e. The summed E-state index contributed by atoms with van der Waals surface area (Å²) >= 11 is 0. The molecule has 1 fully saturated rings. The Kier molecular flexibility index (Phi) is 4.94. The maximum absolute atomic E-state index is 13.1. The highest BCUT2D eigenvalue weighted by atomic mass is 19.4. The first-order chi connectivity index (χ1) is 12.2. The minimum Gasteiger partial charge on any atom is -0.330 e. The zero-order chi connectivity index (χ0) is 19.1. The predicted molar refractivity (Wildman–Crippen MR) is 92.1 cm³/mol. The van der Waals surface area contributed by atoms with Crippen molar-refractivity contribution in [1.29, 1.82) is 0 Å². The molecule has 0 saturated heterocycles. The van der Waals surface area contributed by atoms with Crippen molar-refractivity contribution in [3.63, 3.8) is 0 Å². The lowest BCUT2D eigenvalue weighted by Crippen LogP contribution is -2.39. The van der Waals surface area contributed by atoms with Gasteiger partial charge in [0, 0.05) is 25.2 Å². The van der Waals surface area contributed by atoms with Crippen LogP contribution in [-0.2, 0) is 7.05 Å². The second-order valence-electron chi connectivity index (χ2n) is 6.97. The maximum Gasteiger partial charge on any atom is 0.406 e. The van der Waals surface area contributed by atoms with Crippen LogP contribution in [0.5, 0.6) is 0 Å². The van der Waals surface area contributed by atoms with E-state index in [0.717, 1.165) is 23.4 Å². The molecule has 0 aliphatic heterocycles. The summed E-state index contributed by atoms with van der Waals surface area (Å²) in [5.74, 6) is -0.311. The van der Waals surface area contributed by atoms with Crippen molar-refractivity contribution in [3.05, 3.63) is 23.0 Å².